The third kappa shape index (κ3) is 11.1. The number of primary sulfonamides is 1. The molecular weight excluding hydrogens is 468 g/mol. The molecule has 0 heterocycles. The maximum absolute atomic E-state index is 11.6. The van der Waals surface area contributed by atoms with Gasteiger partial charge in [-0.3, -0.25) is 0 Å². The zero-order valence-electron chi connectivity index (χ0n) is 20.6. The maximum atomic E-state index is 11.6. The van der Waals surface area contributed by atoms with Gasteiger partial charge in [-0.05, 0) is 86.5 Å². The Balaban J connectivity index is 1.46. The Bertz CT molecular complexity index is 1010. The normalized spacial score (nSPS) is 12.7. The molecule has 2 aromatic rings. The summed E-state index contributed by atoms with van der Waals surface area (Å²) in [5.74, 6) is 0.0311. The van der Waals surface area contributed by atoms with Crippen LogP contribution in [0.4, 0.5) is 0 Å². The molecule has 0 spiro atoms. The molecule has 2 rings (SSSR count). The Morgan fingerprint density at radius 1 is 1.00 bits per heavy atom. The van der Waals surface area contributed by atoms with Crippen molar-refractivity contribution in [1.82, 2.24) is 5.32 Å². The second-order valence-electron chi connectivity index (χ2n) is 8.95. The zero-order chi connectivity index (χ0) is 25.7. The summed E-state index contributed by atoms with van der Waals surface area (Å²) < 4.78 is 28.8. The van der Waals surface area contributed by atoms with E-state index in [4.69, 9.17) is 9.88 Å². The predicted octanol–water partition coefficient (Wildman–Crippen LogP) is 3.06. The van der Waals surface area contributed by atoms with Crippen molar-refractivity contribution in [3.05, 3.63) is 58.7 Å². The summed E-state index contributed by atoms with van der Waals surface area (Å²) in [4.78, 5) is 0.170. The minimum atomic E-state index is -3.68. The van der Waals surface area contributed by atoms with Gasteiger partial charge in [0.15, 0.2) is 0 Å². The first kappa shape index (κ1) is 29.2. The number of hydrogen-bond donors (Lipinski definition) is 5. The molecule has 0 aliphatic carbocycles. The highest BCUT2D eigenvalue weighted by molar-refractivity contribution is 7.89. The van der Waals surface area contributed by atoms with E-state index in [0.29, 0.717) is 24.3 Å². The summed E-state index contributed by atoms with van der Waals surface area (Å²) in [5.41, 5.74) is 2.95. The Labute approximate surface area is 209 Å². The second kappa shape index (κ2) is 15.2. The minimum Gasteiger partial charge on any atom is -0.508 e. The third-order valence-electron chi connectivity index (χ3n) is 5.83. The van der Waals surface area contributed by atoms with E-state index < -0.39 is 16.1 Å². The van der Waals surface area contributed by atoms with Crippen LogP contribution in [0.25, 0.3) is 0 Å². The van der Waals surface area contributed by atoms with Crippen LogP contribution in [0.2, 0.25) is 0 Å². The number of nitrogens with two attached hydrogens (primary N) is 1. The molecule has 0 saturated carbocycles. The minimum absolute atomic E-state index is 0.0311. The molecule has 0 saturated heterocycles. The molecule has 0 aromatic heterocycles. The average Bonchev–Trinajstić information content (AvgIpc) is 2.81. The van der Waals surface area contributed by atoms with E-state index in [1.54, 1.807) is 24.3 Å². The number of rotatable bonds is 17. The van der Waals surface area contributed by atoms with E-state index in [0.717, 1.165) is 69.2 Å². The summed E-state index contributed by atoms with van der Waals surface area (Å²) in [6, 6.07) is 10.0. The number of aliphatic hydroxyl groups is 2. The standard InChI is InChI=1S/C26H40N2O6S/c1-20-14-21(16-24(15-20)35(27,32)33)8-4-7-13-34-12-6-3-2-5-11-28-18-26(31)22-9-10-25(30)23(17-22)19-29/h9-10,14-17,26,28-31H,2-8,11-13,18-19H2,1H3,(H2,27,32,33)/t26-/m1/s1. The molecule has 2 aromatic carbocycles. The quantitative estimate of drug-likeness (QED) is 0.207. The third-order valence-corrected chi connectivity index (χ3v) is 6.72. The highest BCUT2D eigenvalue weighted by Gasteiger charge is 2.11. The van der Waals surface area contributed by atoms with Crippen LogP contribution in [0.15, 0.2) is 41.3 Å². The Hall–Kier alpha value is -2.01. The first-order valence-electron chi connectivity index (χ1n) is 12.2. The van der Waals surface area contributed by atoms with Crippen molar-refractivity contribution in [2.75, 3.05) is 26.3 Å². The van der Waals surface area contributed by atoms with Crippen molar-refractivity contribution in [2.45, 2.75) is 69.5 Å². The Kier molecular flexibility index (Phi) is 12.7. The number of hydrogen-bond acceptors (Lipinski definition) is 7. The molecule has 1 atom stereocenters. The van der Waals surface area contributed by atoms with Gasteiger partial charge in [0.1, 0.15) is 5.75 Å². The van der Waals surface area contributed by atoms with Crippen LogP contribution in [0, 0.1) is 6.92 Å². The van der Waals surface area contributed by atoms with Gasteiger partial charge in [-0.1, -0.05) is 25.0 Å². The van der Waals surface area contributed by atoms with Crippen LogP contribution in [0.5, 0.6) is 5.75 Å². The largest absolute Gasteiger partial charge is 0.508 e. The number of ether oxygens (including phenoxy) is 1. The Morgan fingerprint density at radius 2 is 1.71 bits per heavy atom. The van der Waals surface area contributed by atoms with E-state index in [2.05, 4.69) is 5.32 Å². The molecule has 0 radical (unpaired) electrons. The highest BCUT2D eigenvalue weighted by Crippen LogP contribution is 2.22. The number of aryl methyl sites for hydroxylation is 2. The SMILES string of the molecule is Cc1cc(CCCCOCCCCCCNC[C@@H](O)c2ccc(O)c(CO)c2)cc(S(N)(=O)=O)c1. The lowest BCUT2D eigenvalue weighted by Crippen LogP contribution is -2.22. The number of unbranched alkanes of at least 4 members (excludes halogenated alkanes) is 4. The molecule has 196 valence electrons. The van der Waals surface area contributed by atoms with Gasteiger partial charge in [0, 0.05) is 25.3 Å². The van der Waals surface area contributed by atoms with Gasteiger partial charge in [0.05, 0.1) is 17.6 Å². The lowest BCUT2D eigenvalue weighted by atomic mass is 10.1. The van der Waals surface area contributed by atoms with E-state index in [9.17, 15) is 23.7 Å². The van der Waals surface area contributed by atoms with Gasteiger partial charge < -0.3 is 25.4 Å². The maximum Gasteiger partial charge on any atom is 0.238 e. The number of sulfonamides is 1. The van der Waals surface area contributed by atoms with Gasteiger partial charge in [0.2, 0.25) is 10.0 Å². The van der Waals surface area contributed by atoms with E-state index >= 15 is 0 Å². The van der Waals surface area contributed by atoms with Crippen molar-refractivity contribution in [3.63, 3.8) is 0 Å². The van der Waals surface area contributed by atoms with Crippen molar-refractivity contribution in [3.8, 4) is 5.75 Å². The zero-order valence-corrected chi connectivity index (χ0v) is 21.4. The summed E-state index contributed by atoms with van der Waals surface area (Å²) in [6.45, 7) is 4.27. The molecule has 8 nitrogen and oxygen atoms in total. The van der Waals surface area contributed by atoms with Gasteiger partial charge in [-0.15, -0.1) is 0 Å². The van der Waals surface area contributed by atoms with Gasteiger partial charge in [0.25, 0.3) is 0 Å². The Morgan fingerprint density at radius 3 is 2.43 bits per heavy atom. The highest BCUT2D eigenvalue weighted by atomic mass is 32.2. The van der Waals surface area contributed by atoms with Crippen LogP contribution in [-0.4, -0.2) is 50.0 Å². The smallest absolute Gasteiger partial charge is 0.238 e. The van der Waals surface area contributed by atoms with Crippen molar-refractivity contribution in [2.24, 2.45) is 5.14 Å². The molecular formula is C26H40N2O6S. The lowest BCUT2D eigenvalue weighted by molar-refractivity contribution is 0.126. The molecule has 6 N–H and O–H groups in total. The number of phenols is 1. The number of nitrogens with one attached hydrogen (secondary N) is 1. The van der Waals surface area contributed by atoms with E-state index in [1.807, 2.05) is 13.0 Å². The van der Waals surface area contributed by atoms with Crippen LogP contribution in [0.3, 0.4) is 0 Å². The summed E-state index contributed by atoms with van der Waals surface area (Å²) in [5, 5.41) is 37.5. The topological polar surface area (TPSA) is 142 Å². The molecule has 9 heteroatoms. The monoisotopic (exact) mass is 508 g/mol. The van der Waals surface area contributed by atoms with Gasteiger partial charge in [-0.25, -0.2) is 13.6 Å². The number of aliphatic hydroxyl groups excluding tert-OH is 2. The summed E-state index contributed by atoms with van der Waals surface area (Å²) in [7, 11) is -3.68. The molecule has 0 unspecified atom stereocenters. The van der Waals surface area contributed by atoms with Crippen molar-refractivity contribution >= 4 is 10.0 Å². The van der Waals surface area contributed by atoms with Crippen LogP contribution >= 0.6 is 0 Å². The summed E-state index contributed by atoms with van der Waals surface area (Å²) in [6.07, 6.45) is 6.15. The predicted molar refractivity (Wildman–Crippen MR) is 137 cm³/mol. The van der Waals surface area contributed by atoms with Crippen molar-refractivity contribution < 1.29 is 28.5 Å². The molecule has 0 bridgehead atoms. The molecule has 0 aliphatic heterocycles. The van der Waals surface area contributed by atoms with Crippen LogP contribution in [0.1, 0.15) is 66.9 Å². The number of benzene rings is 2. The average molecular weight is 509 g/mol. The van der Waals surface area contributed by atoms with Gasteiger partial charge in [-0.2, -0.15) is 0 Å². The van der Waals surface area contributed by atoms with Crippen LogP contribution < -0.4 is 10.5 Å². The van der Waals surface area contributed by atoms with Crippen molar-refractivity contribution in [1.29, 1.82) is 0 Å². The fourth-order valence-corrected chi connectivity index (χ4v) is 4.54. The first-order chi connectivity index (χ1) is 16.7. The first-order valence-corrected chi connectivity index (χ1v) is 13.8. The molecule has 0 aliphatic rings. The second-order valence-corrected chi connectivity index (χ2v) is 10.5. The molecule has 35 heavy (non-hydrogen) atoms. The van der Waals surface area contributed by atoms with Gasteiger partial charge >= 0.3 is 0 Å². The number of aromatic hydroxyl groups is 1. The molecule has 0 amide bonds. The fraction of sp³-hybridized carbons (Fsp3) is 0.538. The van der Waals surface area contributed by atoms with E-state index in [-0.39, 0.29) is 17.3 Å². The van der Waals surface area contributed by atoms with E-state index in [1.165, 1.54) is 6.07 Å². The summed E-state index contributed by atoms with van der Waals surface area (Å²) >= 11 is 0. The fourth-order valence-electron chi connectivity index (χ4n) is 3.87. The lowest BCUT2D eigenvalue weighted by Gasteiger charge is -2.14. The van der Waals surface area contributed by atoms with Crippen LogP contribution in [-0.2, 0) is 27.8 Å². The molecule has 0 fully saturated rings.